The summed E-state index contributed by atoms with van der Waals surface area (Å²) in [6.07, 6.45) is 1.80. The van der Waals surface area contributed by atoms with E-state index in [-0.39, 0.29) is 35.8 Å². The normalized spacial score (nSPS) is 26.7. The quantitative estimate of drug-likeness (QED) is 0.840. The summed E-state index contributed by atoms with van der Waals surface area (Å²) in [7, 11) is 5.55. The molecule has 1 heterocycles. The summed E-state index contributed by atoms with van der Waals surface area (Å²) in [6.45, 7) is 6.06. The van der Waals surface area contributed by atoms with E-state index < -0.39 is 0 Å². The van der Waals surface area contributed by atoms with E-state index in [1.165, 1.54) is 0 Å². The highest BCUT2D eigenvalue weighted by molar-refractivity contribution is 6.00. The van der Waals surface area contributed by atoms with Crippen molar-refractivity contribution < 1.29 is 19.1 Å². The highest BCUT2D eigenvalue weighted by atomic mass is 16.5. The number of hydrogen-bond acceptors (Lipinski definition) is 5. The Labute approximate surface area is 173 Å². The van der Waals surface area contributed by atoms with Gasteiger partial charge in [-0.25, -0.2) is 0 Å². The summed E-state index contributed by atoms with van der Waals surface area (Å²) in [4.78, 5) is 29.3. The summed E-state index contributed by atoms with van der Waals surface area (Å²) in [6, 6.07) is 5.48. The molecule has 0 spiro atoms. The van der Waals surface area contributed by atoms with Crippen LogP contribution in [0.1, 0.15) is 37.0 Å². The molecule has 1 aliphatic carbocycles. The zero-order chi connectivity index (χ0) is 21.1. The monoisotopic (exact) mass is 403 g/mol. The van der Waals surface area contributed by atoms with Crippen molar-refractivity contribution in [1.82, 2.24) is 9.80 Å². The molecule has 29 heavy (non-hydrogen) atoms. The summed E-state index contributed by atoms with van der Waals surface area (Å²) in [5, 5.41) is 2.92. The molecule has 1 aromatic carbocycles. The molecule has 1 fully saturated rings. The van der Waals surface area contributed by atoms with Crippen LogP contribution in [0.5, 0.6) is 5.75 Å². The van der Waals surface area contributed by atoms with Crippen molar-refractivity contribution >= 4 is 17.5 Å². The van der Waals surface area contributed by atoms with E-state index in [2.05, 4.69) is 31.1 Å². The van der Waals surface area contributed by atoms with Gasteiger partial charge in [-0.15, -0.1) is 0 Å². The van der Waals surface area contributed by atoms with Crippen LogP contribution in [0.25, 0.3) is 0 Å². The van der Waals surface area contributed by atoms with Crippen LogP contribution in [0.3, 0.4) is 0 Å². The highest BCUT2D eigenvalue weighted by Gasteiger charge is 2.30. The lowest BCUT2D eigenvalue weighted by molar-refractivity contribution is -0.117. The molecule has 2 aliphatic rings. The minimum absolute atomic E-state index is 0.0170. The van der Waals surface area contributed by atoms with Crippen LogP contribution in [-0.4, -0.2) is 74.7 Å². The van der Waals surface area contributed by atoms with Gasteiger partial charge in [-0.05, 0) is 50.9 Å². The minimum Gasteiger partial charge on any atom is -0.491 e. The first kappa shape index (κ1) is 21.6. The van der Waals surface area contributed by atoms with Gasteiger partial charge in [0.2, 0.25) is 5.91 Å². The first-order chi connectivity index (χ1) is 13.8. The number of hydrogen-bond donors (Lipinski definition) is 1. The smallest absolute Gasteiger partial charge is 0.257 e. The molecule has 160 valence electrons. The van der Waals surface area contributed by atoms with Gasteiger partial charge < -0.3 is 19.7 Å². The number of carbonyl (C=O) groups excluding carboxylic acids is 2. The van der Waals surface area contributed by atoms with Crippen LogP contribution in [0, 0.1) is 11.8 Å². The van der Waals surface area contributed by atoms with E-state index in [0.29, 0.717) is 30.2 Å². The predicted molar refractivity (Wildman–Crippen MR) is 112 cm³/mol. The van der Waals surface area contributed by atoms with Gasteiger partial charge in [0.1, 0.15) is 12.4 Å². The lowest BCUT2D eigenvalue weighted by Crippen LogP contribution is -2.45. The van der Waals surface area contributed by atoms with Crippen molar-refractivity contribution in [1.29, 1.82) is 0 Å². The Morgan fingerprint density at radius 2 is 1.93 bits per heavy atom. The number of amides is 2. The van der Waals surface area contributed by atoms with Crippen LogP contribution in [0.15, 0.2) is 18.2 Å². The number of carbonyl (C=O) groups is 2. The topological polar surface area (TPSA) is 71.1 Å². The highest BCUT2D eigenvalue weighted by Crippen LogP contribution is 2.31. The lowest BCUT2D eigenvalue weighted by atomic mass is 10.0. The van der Waals surface area contributed by atoms with Crippen molar-refractivity contribution in [2.24, 2.45) is 11.8 Å². The zero-order valence-corrected chi connectivity index (χ0v) is 18.1. The van der Waals surface area contributed by atoms with Gasteiger partial charge in [0, 0.05) is 44.9 Å². The van der Waals surface area contributed by atoms with Gasteiger partial charge in [0.05, 0.1) is 11.7 Å². The van der Waals surface area contributed by atoms with Crippen LogP contribution in [-0.2, 0) is 9.53 Å². The predicted octanol–water partition coefficient (Wildman–Crippen LogP) is 2.47. The summed E-state index contributed by atoms with van der Waals surface area (Å²) < 4.78 is 11.7. The summed E-state index contributed by atoms with van der Waals surface area (Å²) in [5.74, 6) is 0.771. The number of likely N-dealkylation sites (N-methyl/N-ethyl adjacent to an activating group) is 2. The fraction of sp³-hybridized carbons (Fsp3) is 0.636. The third-order valence-electron chi connectivity index (χ3n) is 5.97. The van der Waals surface area contributed by atoms with Crippen molar-refractivity contribution in [3.63, 3.8) is 0 Å². The number of methoxy groups -OCH3 is 1. The number of rotatable bonds is 3. The maximum absolute atomic E-state index is 13.2. The van der Waals surface area contributed by atoms with E-state index in [9.17, 15) is 9.59 Å². The Hall–Kier alpha value is -2.12. The zero-order valence-electron chi connectivity index (χ0n) is 18.1. The molecular weight excluding hydrogens is 370 g/mol. The molecular formula is C22H33N3O4. The molecule has 0 saturated heterocycles. The molecule has 1 saturated carbocycles. The molecule has 7 nitrogen and oxygen atoms in total. The standard InChI is InChI=1S/C22H33N3O4/c1-14-11-24(3)15(2)13-29-19-9-8-17(23-21(26)16-6-7-16)10-18(19)22(27)25(4)12-20(14)28-5/h8-10,14-16,20H,6-7,11-13H2,1-5H3,(H,23,26)/t14-,15-,20+/m1/s1. The van der Waals surface area contributed by atoms with E-state index in [0.717, 1.165) is 19.4 Å². The van der Waals surface area contributed by atoms with Gasteiger partial charge in [-0.3, -0.25) is 14.5 Å². The fourth-order valence-electron chi connectivity index (χ4n) is 3.63. The molecule has 7 heteroatoms. The fourth-order valence-corrected chi connectivity index (χ4v) is 3.63. The van der Waals surface area contributed by atoms with E-state index in [1.54, 1.807) is 37.3 Å². The minimum atomic E-state index is -0.140. The Balaban J connectivity index is 1.89. The van der Waals surface area contributed by atoms with Gasteiger partial charge >= 0.3 is 0 Å². The van der Waals surface area contributed by atoms with Gasteiger partial charge in [-0.1, -0.05) is 6.92 Å². The van der Waals surface area contributed by atoms with E-state index in [1.807, 2.05) is 0 Å². The number of benzene rings is 1. The van der Waals surface area contributed by atoms with Crippen molar-refractivity contribution in [2.45, 2.75) is 38.8 Å². The lowest BCUT2D eigenvalue weighted by Gasteiger charge is -2.34. The second-order valence-electron chi connectivity index (χ2n) is 8.51. The second-order valence-corrected chi connectivity index (χ2v) is 8.51. The Bertz CT molecular complexity index is 750. The third-order valence-corrected chi connectivity index (χ3v) is 5.97. The largest absolute Gasteiger partial charge is 0.491 e. The maximum Gasteiger partial charge on any atom is 0.257 e. The maximum atomic E-state index is 13.2. The second kappa shape index (κ2) is 9.13. The molecule has 0 radical (unpaired) electrons. The van der Waals surface area contributed by atoms with Crippen LogP contribution in [0.4, 0.5) is 5.69 Å². The Morgan fingerprint density at radius 3 is 2.59 bits per heavy atom. The van der Waals surface area contributed by atoms with Gasteiger partial charge in [0.15, 0.2) is 0 Å². The number of nitrogens with zero attached hydrogens (tertiary/aromatic N) is 2. The molecule has 3 atom stereocenters. The van der Waals surface area contributed by atoms with Crippen LogP contribution >= 0.6 is 0 Å². The van der Waals surface area contributed by atoms with Gasteiger partial charge in [0.25, 0.3) is 5.91 Å². The third kappa shape index (κ3) is 5.28. The number of ether oxygens (including phenoxy) is 2. The SMILES string of the molecule is CO[C@H]1CN(C)C(=O)c2cc(NC(=O)C3CC3)ccc2OC[C@@H](C)N(C)C[C@H]1C. The first-order valence-corrected chi connectivity index (χ1v) is 10.4. The molecule has 0 unspecified atom stereocenters. The number of anilines is 1. The molecule has 3 rings (SSSR count). The average molecular weight is 404 g/mol. The first-order valence-electron chi connectivity index (χ1n) is 10.4. The molecule has 1 aromatic rings. The summed E-state index contributed by atoms with van der Waals surface area (Å²) >= 11 is 0. The molecule has 0 aromatic heterocycles. The van der Waals surface area contributed by atoms with Crippen molar-refractivity contribution in [3.8, 4) is 5.75 Å². The van der Waals surface area contributed by atoms with Crippen molar-refractivity contribution in [3.05, 3.63) is 23.8 Å². The summed E-state index contributed by atoms with van der Waals surface area (Å²) in [5.41, 5.74) is 1.08. The average Bonchev–Trinajstić information content (AvgIpc) is 3.54. The molecule has 1 aliphatic heterocycles. The van der Waals surface area contributed by atoms with Gasteiger partial charge in [-0.2, -0.15) is 0 Å². The number of fused-ring (bicyclic) bond motifs is 1. The Kier molecular flexibility index (Phi) is 6.80. The number of nitrogens with one attached hydrogen (secondary N) is 1. The molecule has 2 amide bonds. The molecule has 1 N–H and O–H groups in total. The van der Waals surface area contributed by atoms with Crippen molar-refractivity contribution in [2.75, 3.05) is 46.2 Å². The van der Waals surface area contributed by atoms with Crippen LogP contribution in [0.2, 0.25) is 0 Å². The Morgan fingerprint density at radius 1 is 1.21 bits per heavy atom. The van der Waals surface area contributed by atoms with E-state index in [4.69, 9.17) is 9.47 Å². The molecule has 0 bridgehead atoms. The van der Waals surface area contributed by atoms with E-state index >= 15 is 0 Å². The van der Waals surface area contributed by atoms with Crippen LogP contribution < -0.4 is 10.1 Å².